The summed E-state index contributed by atoms with van der Waals surface area (Å²) in [5.74, 6) is -1.46. The van der Waals surface area contributed by atoms with Gasteiger partial charge in [-0.3, -0.25) is 9.59 Å². The molecule has 1 heterocycles. The Bertz CT molecular complexity index is 966. The third-order valence-corrected chi connectivity index (χ3v) is 3.67. The normalized spacial score (nSPS) is 10.5. The highest BCUT2D eigenvalue weighted by molar-refractivity contribution is 6.03. The maximum Gasteiger partial charge on any atom is 0.263 e. The summed E-state index contributed by atoms with van der Waals surface area (Å²) in [6.07, 6.45) is 1.49. The van der Waals surface area contributed by atoms with E-state index in [0.717, 1.165) is 0 Å². The first-order valence-electron chi connectivity index (χ1n) is 7.54. The van der Waals surface area contributed by atoms with Crippen LogP contribution >= 0.6 is 0 Å². The molecule has 1 N–H and O–H groups in total. The lowest BCUT2D eigenvalue weighted by Crippen LogP contribution is -2.29. The van der Waals surface area contributed by atoms with E-state index in [1.54, 1.807) is 24.3 Å². The zero-order chi connectivity index (χ0) is 17.8. The van der Waals surface area contributed by atoms with Crippen LogP contribution in [0.25, 0.3) is 0 Å². The predicted octanol–water partition coefficient (Wildman–Crippen LogP) is 3.43. The van der Waals surface area contributed by atoms with Crippen molar-refractivity contribution in [3.05, 3.63) is 100.0 Å². The molecule has 0 aliphatic carbocycles. The van der Waals surface area contributed by atoms with Crippen molar-refractivity contribution in [2.24, 2.45) is 0 Å². The van der Waals surface area contributed by atoms with Gasteiger partial charge in [0.15, 0.2) is 0 Å². The quantitative estimate of drug-likeness (QED) is 0.791. The van der Waals surface area contributed by atoms with Crippen LogP contribution in [0.4, 0.5) is 14.5 Å². The summed E-state index contributed by atoms with van der Waals surface area (Å²) in [5, 5.41) is 2.54. The highest BCUT2D eigenvalue weighted by Gasteiger charge is 2.13. The lowest BCUT2D eigenvalue weighted by atomic mass is 10.2. The molecule has 3 rings (SSSR count). The van der Waals surface area contributed by atoms with E-state index in [9.17, 15) is 18.4 Å². The van der Waals surface area contributed by atoms with Gasteiger partial charge in [0.2, 0.25) is 0 Å². The zero-order valence-corrected chi connectivity index (χ0v) is 13.1. The number of hydrogen-bond acceptors (Lipinski definition) is 2. The van der Waals surface area contributed by atoms with Crippen LogP contribution < -0.4 is 10.9 Å². The highest BCUT2D eigenvalue weighted by Crippen LogP contribution is 2.10. The topological polar surface area (TPSA) is 51.1 Å². The standard InChI is InChI=1S/C19H14F2N2O2/c20-14-7-9-15(10-8-14)22-18(24)16-5-3-11-23(19(16)25)12-13-4-1-2-6-17(13)21/h1-11H,12H2,(H,22,24). The number of hydrogen-bond donors (Lipinski definition) is 1. The Kier molecular flexibility index (Phi) is 4.70. The average Bonchev–Trinajstić information content (AvgIpc) is 2.60. The van der Waals surface area contributed by atoms with E-state index in [1.807, 2.05) is 0 Å². The molecule has 25 heavy (non-hydrogen) atoms. The van der Waals surface area contributed by atoms with Gasteiger partial charge in [0.05, 0.1) is 6.54 Å². The minimum absolute atomic E-state index is 0.0170. The van der Waals surface area contributed by atoms with Crippen molar-refractivity contribution in [2.45, 2.75) is 6.54 Å². The van der Waals surface area contributed by atoms with Gasteiger partial charge in [-0.1, -0.05) is 18.2 Å². The fourth-order valence-corrected chi connectivity index (χ4v) is 2.38. The van der Waals surface area contributed by atoms with Crippen molar-refractivity contribution in [1.29, 1.82) is 0 Å². The molecule has 0 aliphatic rings. The zero-order valence-electron chi connectivity index (χ0n) is 13.1. The number of pyridine rings is 1. The van der Waals surface area contributed by atoms with Gasteiger partial charge in [-0.15, -0.1) is 0 Å². The van der Waals surface area contributed by atoms with Gasteiger partial charge in [-0.2, -0.15) is 0 Å². The third-order valence-electron chi connectivity index (χ3n) is 3.67. The lowest BCUT2D eigenvalue weighted by molar-refractivity contribution is 0.102. The molecule has 0 unspecified atom stereocenters. The number of carbonyl (C=O) groups is 1. The molecule has 1 aromatic heterocycles. The lowest BCUT2D eigenvalue weighted by Gasteiger charge is -2.09. The number of rotatable bonds is 4. The van der Waals surface area contributed by atoms with E-state index in [-0.39, 0.29) is 12.1 Å². The van der Waals surface area contributed by atoms with Crippen molar-refractivity contribution < 1.29 is 13.6 Å². The Morgan fingerprint density at radius 1 is 0.960 bits per heavy atom. The fourth-order valence-electron chi connectivity index (χ4n) is 2.38. The van der Waals surface area contributed by atoms with Crippen molar-refractivity contribution in [3.8, 4) is 0 Å². The molecule has 2 aromatic carbocycles. The van der Waals surface area contributed by atoms with Gasteiger partial charge in [0.25, 0.3) is 11.5 Å². The summed E-state index contributed by atoms with van der Waals surface area (Å²) in [6, 6.07) is 14.3. The number of halogens is 2. The van der Waals surface area contributed by atoms with Crippen LogP contribution in [-0.2, 0) is 6.54 Å². The minimum Gasteiger partial charge on any atom is -0.322 e. The second-order valence-corrected chi connectivity index (χ2v) is 5.41. The summed E-state index contributed by atoms with van der Waals surface area (Å²) in [6.45, 7) is 0.0170. The predicted molar refractivity (Wildman–Crippen MR) is 90.6 cm³/mol. The molecule has 6 heteroatoms. The molecule has 0 radical (unpaired) electrons. The molecule has 0 saturated carbocycles. The summed E-state index contributed by atoms with van der Waals surface area (Å²) in [4.78, 5) is 24.8. The largest absolute Gasteiger partial charge is 0.322 e. The van der Waals surface area contributed by atoms with Crippen LogP contribution in [0.5, 0.6) is 0 Å². The third kappa shape index (κ3) is 3.80. The molecule has 4 nitrogen and oxygen atoms in total. The molecule has 0 fully saturated rings. The van der Waals surface area contributed by atoms with Crippen LogP contribution in [-0.4, -0.2) is 10.5 Å². The molecule has 126 valence electrons. The number of carbonyl (C=O) groups excluding carboxylic acids is 1. The molecular formula is C19H14F2N2O2. The summed E-state index contributed by atoms with van der Waals surface area (Å²) in [5.41, 5.74) is 0.101. The van der Waals surface area contributed by atoms with Gasteiger partial charge in [0.1, 0.15) is 17.2 Å². The smallest absolute Gasteiger partial charge is 0.263 e. The first kappa shape index (κ1) is 16.6. The number of amides is 1. The summed E-state index contributed by atoms with van der Waals surface area (Å²) >= 11 is 0. The first-order chi connectivity index (χ1) is 12.0. The van der Waals surface area contributed by atoms with Crippen molar-refractivity contribution in [2.75, 3.05) is 5.32 Å². The molecule has 1 amide bonds. The van der Waals surface area contributed by atoms with E-state index in [0.29, 0.717) is 11.3 Å². The van der Waals surface area contributed by atoms with Gasteiger partial charge < -0.3 is 9.88 Å². The Balaban J connectivity index is 1.85. The number of nitrogens with zero attached hydrogens (tertiary/aromatic N) is 1. The van der Waals surface area contributed by atoms with E-state index < -0.39 is 23.1 Å². The van der Waals surface area contributed by atoms with Crippen LogP contribution in [0.1, 0.15) is 15.9 Å². The molecule has 0 bridgehead atoms. The molecule has 0 aliphatic heterocycles. The maximum absolute atomic E-state index is 13.8. The SMILES string of the molecule is O=C(Nc1ccc(F)cc1)c1cccn(Cc2ccccc2F)c1=O. The minimum atomic E-state index is -0.612. The van der Waals surface area contributed by atoms with Gasteiger partial charge >= 0.3 is 0 Å². The van der Waals surface area contributed by atoms with Crippen molar-refractivity contribution in [3.63, 3.8) is 0 Å². The Labute approximate surface area is 142 Å². The van der Waals surface area contributed by atoms with E-state index >= 15 is 0 Å². The first-order valence-corrected chi connectivity index (χ1v) is 7.54. The Hall–Kier alpha value is -3.28. The van der Waals surface area contributed by atoms with Crippen LogP contribution in [0.2, 0.25) is 0 Å². The van der Waals surface area contributed by atoms with E-state index in [1.165, 1.54) is 47.2 Å². The maximum atomic E-state index is 13.8. The molecular weight excluding hydrogens is 326 g/mol. The second kappa shape index (κ2) is 7.09. The Morgan fingerprint density at radius 2 is 1.68 bits per heavy atom. The Morgan fingerprint density at radius 3 is 2.40 bits per heavy atom. The molecule has 0 saturated heterocycles. The molecule has 0 spiro atoms. The number of anilines is 1. The van der Waals surface area contributed by atoms with Gasteiger partial charge in [-0.25, -0.2) is 8.78 Å². The van der Waals surface area contributed by atoms with Crippen molar-refractivity contribution >= 4 is 11.6 Å². The number of aromatic nitrogens is 1. The monoisotopic (exact) mass is 340 g/mol. The highest BCUT2D eigenvalue weighted by atomic mass is 19.1. The van der Waals surface area contributed by atoms with Crippen LogP contribution in [0.15, 0.2) is 71.7 Å². The average molecular weight is 340 g/mol. The molecule has 3 aromatic rings. The van der Waals surface area contributed by atoms with Crippen molar-refractivity contribution in [1.82, 2.24) is 4.57 Å². The van der Waals surface area contributed by atoms with E-state index in [4.69, 9.17) is 0 Å². The number of benzene rings is 2. The number of nitrogens with one attached hydrogen (secondary N) is 1. The van der Waals surface area contributed by atoms with E-state index in [2.05, 4.69) is 5.32 Å². The molecule has 0 atom stereocenters. The fraction of sp³-hybridized carbons (Fsp3) is 0.0526. The summed E-state index contributed by atoms with van der Waals surface area (Å²) in [7, 11) is 0. The van der Waals surface area contributed by atoms with Crippen LogP contribution in [0, 0.1) is 11.6 Å². The van der Waals surface area contributed by atoms with Gasteiger partial charge in [0, 0.05) is 17.4 Å². The van der Waals surface area contributed by atoms with Gasteiger partial charge in [-0.05, 0) is 42.5 Å². The second-order valence-electron chi connectivity index (χ2n) is 5.41. The van der Waals surface area contributed by atoms with Crippen LogP contribution in [0.3, 0.4) is 0 Å². The summed E-state index contributed by atoms with van der Waals surface area (Å²) < 4.78 is 27.9.